The normalized spacial score (nSPS) is 10.5. The number of hydrogen-bond donors (Lipinski definition) is 2. The summed E-state index contributed by atoms with van der Waals surface area (Å²) in [4.78, 5) is 8.91. The molecule has 0 aliphatic rings. The van der Waals surface area contributed by atoms with E-state index >= 15 is 0 Å². The second-order valence-corrected chi connectivity index (χ2v) is 5.98. The Morgan fingerprint density at radius 3 is 2.40 bits per heavy atom. The molecule has 0 radical (unpaired) electrons. The van der Waals surface area contributed by atoms with Gasteiger partial charge in [-0.2, -0.15) is 4.98 Å². The van der Waals surface area contributed by atoms with E-state index in [1.54, 1.807) is 12.1 Å². The molecule has 4 nitrogen and oxygen atoms in total. The predicted molar refractivity (Wildman–Crippen MR) is 99.0 cm³/mol. The molecule has 5 heteroatoms. The van der Waals surface area contributed by atoms with Crippen LogP contribution in [0.3, 0.4) is 0 Å². The van der Waals surface area contributed by atoms with Crippen molar-refractivity contribution < 1.29 is 4.39 Å². The van der Waals surface area contributed by atoms with Crippen LogP contribution < -0.4 is 10.6 Å². The number of halogens is 1. The molecule has 0 spiro atoms. The number of benzene rings is 2. The number of hydrogen-bond acceptors (Lipinski definition) is 4. The number of rotatable bonds is 6. The smallest absolute Gasteiger partial charge is 0.225 e. The highest BCUT2D eigenvalue weighted by Crippen LogP contribution is 2.14. The minimum absolute atomic E-state index is 0.238. The van der Waals surface area contributed by atoms with Crippen LogP contribution in [0.1, 0.15) is 22.4 Å². The molecule has 128 valence electrons. The first-order valence-electron chi connectivity index (χ1n) is 8.22. The predicted octanol–water partition coefficient (Wildman–Crippen LogP) is 4.46. The summed E-state index contributed by atoms with van der Waals surface area (Å²) < 4.78 is 13.0. The third-order valence-electron chi connectivity index (χ3n) is 3.94. The standard InChI is InChI=1S/C20H21FN4/c1-14-5-3-4-6-17(14)13-22-19-11-15(2)24-20(25-19)23-12-16-7-9-18(21)10-8-16/h3-11H,12-13H2,1-2H3,(H2,22,23,24,25). The SMILES string of the molecule is Cc1cc(NCc2ccccc2C)nc(NCc2ccc(F)cc2)n1. The van der Waals surface area contributed by atoms with Crippen LogP contribution in [0.15, 0.2) is 54.6 Å². The van der Waals surface area contributed by atoms with Crippen LogP contribution in [0.25, 0.3) is 0 Å². The number of anilines is 2. The minimum atomic E-state index is -0.238. The van der Waals surface area contributed by atoms with Crippen molar-refractivity contribution in [3.05, 3.63) is 82.8 Å². The van der Waals surface area contributed by atoms with E-state index in [4.69, 9.17) is 0 Å². The molecule has 0 saturated carbocycles. The zero-order chi connectivity index (χ0) is 17.6. The Bertz CT molecular complexity index is 847. The van der Waals surface area contributed by atoms with Crippen LogP contribution in [-0.4, -0.2) is 9.97 Å². The van der Waals surface area contributed by atoms with E-state index in [1.807, 2.05) is 25.1 Å². The molecule has 0 aliphatic heterocycles. The second-order valence-electron chi connectivity index (χ2n) is 5.98. The summed E-state index contributed by atoms with van der Waals surface area (Å²) in [5.41, 5.74) is 4.33. The Morgan fingerprint density at radius 1 is 0.880 bits per heavy atom. The van der Waals surface area contributed by atoms with Crippen LogP contribution in [0.5, 0.6) is 0 Å². The van der Waals surface area contributed by atoms with Gasteiger partial charge in [-0.3, -0.25) is 0 Å². The molecular weight excluding hydrogens is 315 g/mol. The van der Waals surface area contributed by atoms with E-state index in [0.717, 1.165) is 17.1 Å². The third kappa shape index (κ3) is 4.76. The lowest BCUT2D eigenvalue weighted by Crippen LogP contribution is -2.08. The Hall–Kier alpha value is -2.95. The molecule has 2 N–H and O–H groups in total. The van der Waals surface area contributed by atoms with Gasteiger partial charge in [-0.05, 0) is 42.7 Å². The third-order valence-corrected chi connectivity index (χ3v) is 3.94. The molecule has 0 unspecified atom stereocenters. The van der Waals surface area contributed by atoms with E-state index in [9.17, 15) is 4.39 Å². The van der Waals surface area contributed by atoms with Gasteiger partial charge in [0, 0.05) is 24.8 Å². The van der Waals surface area contributed by atoms with Gasteiger partial charge in [0.2, 0.25) is 5.95 Å². The lowest BCUT2D eigenvalue weighted by Gasteiger charge is -2.11. The van der Waals surface area contributed by atoms with Gasteiger partial charge in [-0.15, -0.1) is 0 Å². The molecule has 0 bridgehead atoms. The second kappa shape index (κ2) is 7.75. The van der Waals surface area contributed by atoms with Crippen molar-refractivity contribution in [2.75, 3.05) is 10.6 Å². The first-order valence-corrected chi connectivity index (χ1v) is 8.22. The van der Waals surface area contributed by atoms with Crippen LogP contribution in [0, 0.1) is 19.7 Å². The largest absolute Gasteiger partial charge is 0.366 e. The summed E-state index contributed by atoms with van der Waals surface area (Å²) in [5.74, 6) is 1.09. The van der Waals surface area contributed by atoms with Crippen molar-refractivity contribution in [1.82, 2.24) is 9.97 Å². The topological polar surface area (TPSA) is 49.8 Å². The molecule has 25 heavy (non-hydrogen) atoms. The van der Waals surface area contributed by atoms with Crippen LogP contribution in [0.2, 0.25) is 0 Å². The molecule has 0 saturated heterocycles. The summed E-state index contributed by atoms with van der Waals surface area (Å²) in [5, 5.41) is 6.53. The maximum absolute atomic E-state index is 13.0. The fraction of sp³-hybridized carbons (Fsp3) is 0.200. The lowest BCUT2D eigenvalue weighted by molar-refractivity contribution is 0.627. The van der Waals surface area contributed by atoms with Crippen LogP contribution in [-0.2, 0) is 13.1 Å². The molecule has 3 rings (SSSR count). The van der Waals surface area contributed by atoms with Gasteiger partial charge in [-0.25, -0.2) is 9.37 Å². The van der Waals surface area contributed by atoms with E-state index in [2.05, 4.69) is 39.7 Å². The average molecular weight is 336 g/mol. The Morgan fingerprint density at radius 2 is 1.64 bits per heavy atom. The fourth-order valence-electron chi connectivity index (χ4n) is 2.52. The van der Waals surface area contributed by atoms with Crippen molar-refractivity contribution in [3.8, 4) is 0 Å². The summed E-state index contributed by atoms with van der Waals surface area (Å²) in [6, 6.07) is 16.6. The van der Waals surface area contributed by atoms with Crippen molar-refractivity contribution in [2.45, 2.75) is 26.9 Å². The van der Waals surface area contributed by atoms with Gasteiger partial charge in [-0.1, -0.05) is 36.4 Å². The van der Waals surface area contributed by atoms with Gasteiger partial charge in [0.15, 0.2) is 0 Å². The molecule has 0 fully saturated rings. The molecule has 1 heterocycles. The van der Waals surface area contributed by atoms with Gasteiger partial charge >= 0.3 is 0 Å². The maximum Gasteiger partial charge on any atom is 0.225 e. The Balaban J connectivity index is 1.65. The highest BCUT2D eigenvalue weighted by molar-refractivity contribution is 5.43. The molecular formula is C20H21FN4. The highest BCUT2D eigenvalue weighted by Gasteiger charge is 2.04. The first kappa shape index (κ1) is 16.9. The summed E-state index contributed by atoms with van der Waals surface area (Å²) in [6.45, 7) is 5.28. The molecule has 0 aliphatic carbocycles. The average Bonchev–Trinajstić information content (AvgIpc) is 2.60. The van der Waals surface area contributed by atoms with Gasteiger partial charge in [0.05, 0.1) is 0 Å². The van der Waals surface area contributed by atoms with Crippen molar-refractivity contribution in [3.63, 3.8) is 0 Å². The van der Waals surface area contributed by atoms with Crippen molar-refractivity contribution >= 4 is 11.8 Å². The quantitative estimate of drug-likeness (QED) is 0.698. The molecule has 0 amide bonds. The summed E-state index contributed by atoms with van der Waals surface area (Å²) in [7, 11) is 0. The summed E-state index contributed by atoms with van der Waals surface area (Å²) >= 11 is 0. The number of aryl methyl sites for hydroxylation is 2. The van der Waals surface area contributed by atoms with Crippen molar-refractivity contribution in [2.24, 2.45) is 0 Å². The van der Waals surface area contributed by atoms with Gasteiger partial charge in [0.1, 0.15) is 11.6 Å². The van der Waals surface area contributed by atoms with Gasteiger partial charge in [0.25, 0.3) is 0 Å². The van der Waals surface area contributed by atoms with Crippen molar-refractivity contribution in [1.29, 1.82) is 0 Å². The summed E-state index contributed by atoms with van der Waals surface area (Å²) in [6.07, 6.45) is 0. The molecule has 3 aromatic rings. The van der Waals surface area contributed by atoms with E-state index in [1.165, 1.54) is 23.3 Å². The van der Waals surface area contributed by atoms with Gasteiger partial charge < -0.3 is 10.6 Å². The van der Waals surface area contributed by atoms with Crippen LogP contribution in [0.4, 0.5) is 16.2 Å². The maximum atomic E-state index is 13.0. The van der Waals surface area contributed by atoms with E-state index in [-0.39, 0.29) is 5.82 Å². The lowest BCUT2D eigenvalue weighted by atomic mass is 10.1. The van der Waals surface area contributed by atoms with E-state index in [0.29, 0.717) is 19.0 Å². The minimum Gasteiger partial charge on any atom is -0.366 e. The number of nitrogens with one attached hydrogen (secondary N) is 2. The Kier molecular flexibility index (Phi) is 5.23. The Labute approximate surface area is 147 Å². The molecule has 2 aromatic carbocycles. The highest BCUT2D eigenvalue weighted by atomic mass is 19.1. The zero-order valence-electron chi connectivity index (χ0n) is 14.4. The fourth-order valence-corrected chi connectivity index (χ4v) is 2.52. The number of nitrogens with zero attached hydrogens (tertiary/aromatic N) is 2. The van der Waals surface area contributed by atoms with Crippen LogP contribution >= 0.6 is 0 Å². The molecule has 1 aromatic heterocycles. The first-order chi connectivity index (χ1) is 12.1. The molecule has 0 atom stereocenters. The number of aromatic nitrogens is 2. The monoisotopic (exact) mass is 336 g/mol. The van der Waals surface area contributed by atoms with E-state index < -0.39 is 0 Å². The zero-order valence-corrected chi connectivity index (χ0v) is 14.4.